The molecule has 0 aliphatic rings. The Morgan fingerprint density at radius 2 is 1.89 bits per heavy atom. The third-order valence-electron chi connectivity index (χ3n) is 2.12. The molecule has 1 N–H and O–H groups in total. The number of benzene rings is 1. The van der Waals surface area contributed by atoms with Crippen LogP contribution in [0.15, 0.2) is 36.5 Å². The molecule has 92 valence electrons. The van der Waals surface area contributed by atoms with E-state index in [1.54, 1.807) is 0 Å². The molecule has 0 atom stereocenters. The Balaban J connectivity index is 2.19. The first-order valence-electron chi connectivity index (χ1n) is 4.94. The molecule has 0 unspecified atom stereocenters. The van der Waals surface area contributed by atoms with Crippen LogP contribution in [0.1, 0.15) is 10.5 Å². The van der Waals surface area contributed by atoms with Gasteiger partial charge in [0.25, 0.3) is 5.91 Å². The second-order valence-electron chi connectivity index (χ2n) is 3.44. The van der Waals surface area contributed by atoms with Gasteiger partial charge in [0.1, 0.15) is 11.5 Å². The fourth-order valence-electron chi connectivity index (χ4n) is 1.31. The number of nitrogens with zero attached hydrogens (tertiary/aromatic N) is 1. The number of nitrogens with one attached hydrogen (secondary N) is 1. The van der Waals surface area contributed by atoms with E-state index in [2.05, 4.69) is 10.3 Å². The summed E-state index contributed by atoms with van der Waals surface area (Å²) in [6.45, 7) is 0. The number of carbonyl (C=O) groups is 1. The van der Waals surface area contributed by atoms with E-state index in [4.69, 9.17) is 23.2 Å². The summed E-state index contributed by atoms with van der Waals surface area (Å²) in [6.07, 6.45) is 1.33. The Labute approximate surface area is 113 Å². The van der Waals surface area contributed by atoms with Crippen LogP contribution in [0, 0.1) is 5.82 Å². The molecule has 0 fully saturated rings. The number of rotatable bonds is 2. The van der Waals surface area contributed by atoms with Crippen molar-refractivity contribution in [2.75, 3.05) is 5.32 Å². The van der Waals surface area contributed by atoms with Gasteiger partial charge < -0.3 is 5.32 Å². The normalized spacial score (nSPS) is 10.2. The van der Waals surface area contributed by atoms with E-state index in [0.29, 0.717) is 10.7 Å². The highest BCUT2D eigenvalue weighted by molar-refractivity contribution is 6.36. The minimum atomic E-state index is -0.483. The van der Waals surface area contributed by atoms with E-state index in [-0.39, 0.29) is 16.5 Å². The number of pyridine rings is 1. The predicted molar refractivity (Wildman–Crippen MR) is 68.6 cm³/mol. The van der Waals surface area contributed by atoms with Crippen LogP contribution in [-0.2, 0) is 0 Å². The molecule has 2 rings (SSSR count). The molecule has 18 heavy (non-hydrogen) atoms. The van der Waals surface area contributed by atoms with Crippen molar-refractivity contribution in [3.05, 3.63) is 58.1 Å². The zero-order valence-corrected chi connectivity index (χ0v) is 10.5. The maximum atomic E-state index is 12.7. The number of halogens is 3. The smallest absolute Gasteiger partial charge is 0.275 e. The van der Waals surface area contributed by atoms with Gasteiger partial charge in [-0.2, -0.15) is 0 Å². The van der Waals surface area contributed by atoms with E-state index >= 15 is 0 Å². The van der Waals surface area contributed by atoms with E-state index in [1.165, 1.54) is 36.5 Å². The Morgan fingerprint density at radius 3 is 2.50 bits per heavy atom. The van der Waals surface area contributed by atoms with Crippen molar-refractivity contribution in [1.82, 2.24) is 4.98 Å². The Bertz CT molecular complexity index is 587. The lowest BCUT2D eigenvalue weighted by Crippen LogP contribution is -2.14. The number of anilines is 1. The first-order valence-corrected chi connectivity index (χ1v) is 5.70. The zero-order valence-electron chi connectivity index (χ0n) is 8.95. The fourth-order valence-corrected chi connectivity index (χ4v) is 1.77. The van der Waals surface area contributed by atoms with Crippen LogP contribution in [0.2, 0.25) is 10.0 Å². The zero-order chi connectivity index (χ0) is 13.1. The molecule has 0 bridgehead atoms. The molecular formula is C12H7Cl2FN2O. The molecule has 0 saturated heterocycles. The summed E-state index contributed by atoms with van der Waals surface area (Å²) in [4.78, 5) is 15.7. The summed E-state index contributed by atoms with van der Waals surface area (Å²) >= 11 is 11.5. The lowest BCUT2D eigenvalue weighted by Gasteiger charge is -2.06. The molecule has 1 aromatic carbocycles. The molecule has 1 aromatic heterocycles. The fraction of sp³-hybridized carbons (Fsp3) is 0. The number of hydrogen-bond donors (Lipinski definition) is 1. The Hall–Kier alpha value is -1.65. The molecule has 2 aromatic rings. The highest BCUT2D eigenvalue weighted by atomic mass is 35.5. The molecular weight excluding hydrogens is 278 g/mol. The molecule has 0 spiro atoms. The van der Waals surface area contributed by atoms with Crippen LogP contribution in [0.3, 0.4) is 0 Å². The quantitative estimate of drug-likeness (QED) is 0.912. The summed E-state index contributed by atoms with van der Waals surface area (Å²) in [5.41, 5.74) is 0.514. The summed E-state index contributed by atoms with van der Waals surface area (Å²) in [5, 5.41) is 3.05. The lowest BCUT2D eigenvalue weighted by molar-refractivity contribution is 0.102. The van der Waals surface area contributed by atoms with Gasteiger partial charge in [-0.05, 0) is 30.3 Å². The van der Waals surface area contributed by atoms with Crippen molar-refractivity contribution >= 4 is 34.8 Å². The van der Waals surface area contributed by atoms with Gasteiger partial charge in [-0.25, -0.2) is 9.37 Å². The summed E-state index contributed by atoms with van der Waals surface area (Å²) < 4.78 is 12.7. The van der Waals surface area contributed by atoms with Crippen LogP contribution in [0.5, 0.6) is 0 Å². The lowest BCUT2D eigenvalue weighted by atomic mass is 10.3. The molecule has 3 nitrogen and oxygen atoms in total. The average molecular weight is 285 g/mol. The second-order valence-corrected chi connectivity index (χ2v) is 4.29. The summed E-state index contributed by atoms with van der Waals surface area (Å²) in [5.74, 6) is -0.862. The maximum absolute atomic E-state index is 12.7. The molecule has 0 aliphatic heterocycles. The third kappa shape index (κ3) is 2.97. The SMILES string of the molecule is O=C(Nc1ccc(F)cc1)c1ncc(Cl)cc1Cl. The van der Waals surface area contributed by atoms with Gasteiger partial charge in [0.2, 0.25) is 0 Å². The Morgan fingerprint density at radius 1 is 1.22 bits per heavy atom. The topological polar surface area (TPSA) is 42.0 Å². The van der Waals surface area contributed by atoms with Crippen LogP contribution < -0.4 is 5.32 Å². The van der Waals surface area contributed by atoms with Gasteiger partial charge in [-0.3, -0.25) is 4.79 Å². The third-order valence-corrected chi connectivity index (χ3v) is 2.62. The van der Waals surface area contributed by atoms with Crippen molar-refractivity contribution < 1.29 is 9.18 Å². The number of carbonyl (C=O) groups excluding carboxylic acids is 1. The van der Waals surface area contributed by atoms with Crippen LogP contribution in [0.4, 0.5) is 10.1 Å². The first-order chi connectivity index (χ1) is 8.56. The summed E-state index contributed by atoms with van der Waals surface area (Å²) in [6, 6.07) is 6.79. The molecule has 6 heteroatoms. The van der Waals surface area contributed by atoms with Crippen molar-refractivity contribution in [2.24, 2.45) is 0 Å². The standard InChI is InChI=1S/C12H7Cl2FN2O/c13-7-5-10(14)11(16-6-7)12(18)17-9-3-1-8(15)2-4-9/h1-6H,(H,17,18). The van der Waals surface area contributed by atoms with Crippen LogP contribution in [-0.4, -0.2) is 10.9 Å². The second kappa shape index (κ2) is 5.33. The minimum absolute atomic E-state index is 0.0605. The van der Waals surface area contributed by atoms with Gasteiger partial charge in [-0.1, -0.05) is 23.2 Å². The highest BCUT2D eigenvalue weighted by Gasteiger charge is 2.12. The van der Waals surface area contributed by atoms with Gasteiger partial charge in [-0.15, -0.1) is 0 Å². The first kappa shape index (κ1) is 12.8. The number of aromatic nitrogens is 1. The minimum Gasteiger partial charge on any atom is -0.321 e. The maximum Gasteiger partial charge on any atom is 0.275 e. The van der Waals surface area contributed by atoms with Gasteiger partial charge in [0, 0.05) is 11.9 Å². The van der Waals surface area contributed by atoms with Gasteiger partial charge >= 0.3 is 0 Å². The van der Waals surface area contributed by atoms with Crippen molar-refractivity contribution in [2.45, 2.75) is 0 Å². The van der Waals surface area contributed by atoms with Crippen molar-refractivity contribution in [3.63, 3.8) is 0 Å². The molecule has 0 saturated carbocycles. The monoisotopic (exact) mass is 284 g/mol. The van der Waals surface area contributed by atoms with E-state index in [1.807, 2.05) is 0 Å². The number of amides is 1. The molecule has 0 radical (unpaired) electrons. The van der Waals surface area contributed by atoms with Crippen molar-refractivity contribution in [1.29, 1.82) is 0 Å². The average Bonchev–Trinajstić information content (AvgIpc) is 2.32. The van der Waals surface area contributed by atoms with E-state index < -0.39 is 5.91 Å². The largest absolute Gasteiger partial charge is 0.321 e. The molecule has 0 aliphatic carbocycles. The van der Waals surface area contributed by atoms with Crippen LogP contribution >= 0.6 is 23.2 Å². The summed E-state index contributed by atoms with van der Waals surface area (Å²) in [7, 11) is 0. The van der Waals surface area contributed by atoms with Gasteiger partial charge in [0.05, 0.1) is 10.0 Å². The Kier molecular flexibility index (Phi) is 3.79. The highest BCUT2D eigenvalue weighted by Crippen LogP contribution is 2.19. The van der Waals surface area contributed by atoms with Gasteiger partial charge in [0.15, 0.2) is 0 Å². The van der Waals surface area contributed by atoms with E-state index in [9.17, 15) is 9.18 Å². The van der Waals surface area contributed by atoms with Crippen LogP contribution in [0.25, 0.3) is 0 Å². The molecule has 1 amide bonds. The number of hydrogen-bond acceptors (Lipinski definition) is 2. The van der Waals surface area contributed by atoms with Crippen molar-refractivity contribution in [3.8, 4) is 0 Å². The van der Waals surface area contributed by atoms with E-state index in [0.717, 1.165) is 0 Å². The predicted octanol–water partition coefficient (Wildman–Crippen LogP) is 3.78. The molecule has 1 heterocycles.